The van der Waals surface area contributed by atoms with Crippen molar-refractivity contribution in [2.75, 3.05) is 37.6 Å². The number of fused-ring (bicyclic) bond motifs is 2. The maximum Gasteiger partial charge on any atom is 0.315 e. The van der Waals surface area contributed by atoms with E-state index in [1.165, 1.54) is 21.7 Å². The van der Waals surface area contributed by atoms with Gasteiger partial charge in [-0.25, -0.2) is 0 Å². The lowest BCUT2D eigenvalue weighted by molar-refractivity contribution is -0.903. The van der Waals surface area contributed by atoms with Crippen LogP contribution in [0.15, 0.2) is 35.9 Å². The Balaban J connectivity index is 1.28. The molecule has 2 aliphatic heterocycles. The Morgan fingerprint density at radius 3 is 2.74 bits per heavy atom. The number of hydrogen-bond acceptors (Lipinski definition) is 4. The third-order valence-electron chi connectivity index (χ3n) is 9.01. The molecule has 0 amide bonds. The lowest BCUT2D eigenvalue weighted by Crippen LogP contribution is -3.15. The fraction of sp³-hybridized carbons (Fsp3) is 0.654. The Labute approximate surface area is 186 Å². The highest BCUT2D eigenvalue weighted by Crippen LogP contribution is 2.55. The highest BCUT2D eigenvalue weighted by Gasteiger charge is 2.60. The van der Waals surface area contributed by atoms with E-state index in [9.17, 15) is 9.90 Å². The largest absolute Gasteiger partial charge is 0.461 e. The van der Waals surface area contributed by atoms with E-state index >= 15 is 0 Å². The highest BCUT2D eigenvalue weighted by molar-refractivity contribution is 5.76. The van der Waals surface area contributed by atoms with Crippen molar-refractivity contribution in [3.8, 4) is 0 Å². The number of allylic oxidation sites excluding steroid dienone is 1. The summed E-state index contributed by atoms with van der Waals surface area (Å²) in [5.74, 6) is 0.0906. The molecule has 5 rings (SSSR count). The van der Waals surface area contributed by atoms with Crippen LogP contribution in [-0.4, -0.2) is 56.0 Å². The number of aliphatic hydroxyl groups is 1. The summed E-state index contributed by atoms with van der Waals surface area (Å²) in [7, 11) is 0. The summed E-state index contributed by atoms with van der Waals surface area (Å²) >= 11 is 0. The second-order valence-corrected chi connectivity index (χ2v) is 10.5. The van der Waals surface area contributed by atoms with Crippen LogP contribution < -0.4 is 9.80 Å². The van der Waals surface area contributed by atoms with Gasteiger partial charge < -0.3 is 19.6 Å². The zero-order valence-electron chi connectivity index (χ0n) is 19.1. The van der Waals surface area contributed by atoms with Gasteiger partial charge in [-0.1, -0.05) is 43.7 Å². The number of carbonyl (C=O) groups excluding carboxylic acids is 1. The van der Waals surface area contributed by atoms with E-state index < -0.39 is 6.10 Å². The second kappa shape index (κ2) is 7.93. The maximum atomic E-state index is 12.9. The summed E-state index contributed by atoms with van der Waals surface area (Å²) in [6.07, 6.45) is 4.64. The molecule has 2 saturated heterocycles. The number of esters is 1. The molecule has 2 aliphatic carbocycles. The van der Waals surface area contributed by atoms with Crippen molar-refractivity contribution >= 4 is 11.7 Å². The molecule has 0 unspecified atom stereocenters. The molecule has 0 radical (unpaired) electrons. The number of benzene rings is 1. The van der Waals surface area contributed by atoms with Gasteiger partial charge in [0.25, 0.3) is 0 Å². The van der Waals surface area contributed by atoms with Crippen LogP contribution >= 0.6 is 0 Å². The predicted octanol–water partition coefficient (Wildman–Crippen LogP) is 1.98. The van der Waals surface area contributed by atoms with Crippen molar-refractivity contribution in [2.45, 2.75) is 52.2 Å². The molecule has 0 spiro atoms. The molecule has 0 aromatic heterocycles. The van der Waals surface area contributed by atoms with E-state index in [0.29, 0.717) is 5.92 Å². The first-order valence-electron chi connectivity index (χ1n) is 12.1. The fourth-order valence-electron chi connectivity index (χ4n) is 6.79. The number of quaternary nitrogens is 1. The van der Waals surface area contributed by atoms with E-state index in [2.05, 4.69) is 56.0 Å². The summed E-state index contributed by atoms with van der Waals surface area (Å²) in [5.41, 5.74) is 3.73. The molecule has 1 aromatic carbocycles. The van der Waals surface area contributed by atoms with Gasteiger partial charge in [0.2, 0.25) is 0 Å². The van der Waals surface area contributed by atoms with Crippen molar-refractivity contribution in [2.24, 2.45) is 23.2 Å². The number of hydrogen-bond donors (Lipinski definition) is 2. The smallest absolute Gasteiger partial charge is 0.315 e. The number of aliphatic hydroxyl groups excluding tert-OH is 1. The monoisotopic (exact) mass is 425 g/mol. The van der Waals surface area contributed by atoms with E-state index in [1.807, 2.05) is 0 Å². The lowest BCUT2D eigenvalue weighted by atomic mass is 9.55. The van der Waals surface area contributed by atoms with Crippen LogP contribution in [0.4, 0.5) is 5.69 Å². The summed E-state index contributed by atoms with van der Waals surface area (Å²) in [4.78, 5) is 16.8. The van der Waals surface area contributed by atoms with Gasteiger partial charge in [-0.05, 0) is 37.3 Å². The van der Waals surface area contributed by atoms with Crippen molar-refractivity contribution in [3.05, 3.63) is 41.5 Å². The number of anilines is 1. The Kier molecular flexibility index (Phi) is 5.38. The number of nitrogens with one attached hydrogen (secondary N) is 1. The van der Waals surface area contributed by atoms with E-state index in [1.54, 1.807) is 0 Å². The van der Waals surface area contributed by atoms with Crippen molar-refractivity contribution < 1.29 is 19.5 Å². The molecule has 1 aromatic rings. The maximum absolute atomic E-state index is 12.9. The van der Waals surface area contributed by atoms with Crippen molar-refractivity contribution in [3.63, 3.8) is 0 Å². The van der Waals surface area contributed by atoms with Crippen LogP contribution in [0.25, 0.3) is 0 Å². The van der Waals surface area contributed by atoms with Crippen molar-refractivity contribution in [1.29, 1.82) is 0 Å². The first-order chi connectivity index (χ1) is 14.9. The molecule has 6 atom stereocenters. The number of rotatable bonds is 3. The molecular weight excluding hydrogens is 388 g/mol. The molecule has 0 bridgehead atoms. The van der Waals surface area contributed by atoms with E-state index in [0.717, 1.165) is 52.0 Å². The highest BCUT2D eigenvalue weighted by atomic mass is 16.6. The number of para-hydroxylation sites is 1. The summed E-state index contributed by atoms with van der Waals surface area (Å²) in [5, 5.41) is 11.6. The topological polar surface area (TPSA) is 54.2 Å². The Hall–Kier alpha value is -1.85. The third-order valence-corrected chi connectivity index (χ3v) is 9.01. The zero-order chi connectivity index (χ0) is 21.8. The normalized spacial score (nSPS) is 38.3. The van der Waals surface area contributed by atoms with Crippen LogP contribution in [0, 0.1) is 30.1 Å². The summed E-state index contributed by atoms with van der Waals surface area (Å²) in [6, 6.07) is 8.57. The fourth-order valence-corrected chi connectivity index (χ4v) is 6.79. The van der Waals surface area contributed by atoms with Gasteiger partial charge in [0, 0.05) is 23.4 Å². The van der Waals surface area contributed by atoms with Gasteiger partial charge in [-0.3, -0.25) is 4.79 Å². The first kappa shape index (κ1) is 21.0. The summed E-state index contributed by atoms with van der Waals surface area (Å²) < 4.78 is 5.86. The lowest BCUT2D eigenvalue weighted by Gasteiger charge is -2.51. The van der Waals surface area contributed by atoms with Gasteiger partial charge >= 0.3 is 5.97 Å². The molecule has 5 nitrogen and oxygen atoms in total. The molecule has 168 valence electrons. The Morgan fingerprint density at radius 1 is 1.26 bits per heavy atom. The number of carbonyl (C=O) groups is 1. The van der Waals surface area contributed by atoms with E-state index in [4.69, 9.17) is 4.74 Å². The van der Waals surface area contributed by atoms with E-state index in [-0.39, 0.29) is 29.3 Å². The number of piperazine rings is 1. The number of aryl methyl sites for hydroxylation is 1. The minimum atomic E-state index is -0.503. The molecule has 2 N–H and O–H groups in total. The molecule has 1 saturated carbocycles. The van der Waals surface area contributed by atoms with Gasteiger partial charge in [-0.15, -0.1) is 0 Å². The number of ether oxygens (including phenoxy) is 1. The summed E-state index contributed by atoms with van der Waals surface area (Å²) in [6.45, 7) is 11.5. The van der Waals surface area contributed by atoms with Gasteiger partial charge in [0.1, 0.15) is 12.0 Å². The zero-order valence-corrected chi connectivity index (χ0v) is 19.1. The van der Waals surface area contributed by atoms with Crippen LogP contribution in [0.3, 0.4) is 0 Å². The molecule has 31 heavy (non-hydrogen) atoms. The second-order valence-electron chi connectivity index (χ2n) is 10.5. The van der Waals surface area contributed by atoms with Crippen LogP contribution in [0.1, 0.15) is 38.7 Å². The van der Waals surface area contributed by atoms with Gasteiger partial charge in [0.15, 0.2) is 0 Å². The average Bonchev–Trinajstić information content (AvgIpc) is 3.06. The average molecular weight is 426 g/mol. The Morgan fingerprint density at radius 2 is 2.00 bits per heavy atom. The quantitative estimate of drug-likeness (QED) is 0.575. The standard InChI is InChI=1S/C26H36N2O3/c1-17-7-4-5-10-21(17)28-13-11-27(12-14-28)16-20-23-22(31-25(20)30)15-19-9-6-8-18(2)26(19,3)24(23)29/h4-5,7,9-10,18,20,22-24,29H,6,8,11-16H2,1-3H3/p+1/t18-,20+,22+,23-,24+,26+/m1/s1. The van der Waals surface area contributed by atoms with Crippen LogP contribution in [0.2, 0.25) is 0 Å². The minimum absolute atomic E-state index is 0.0721. The van der Waals surface area contributed by atoms with Crippen LogP contribution in [0.5, 0.6) is 0 Å². The minimum Gasteiger partial charge on any atom is -0.461 e. The van der Waals surface area contributed by atoms with Crippen molar-refractivity contribution in [1.82, 2.24) is 0 Å². The molecular formula is C26H37N2O3+. The third kappa shape index (κ3) is 3.41. The molecule has 5 heteroatoms. The molecule has 4 aliphatic rings. The SMILES string of the molecule is Cc1ccccc1N1CC[NH+](C[C@@H]2C(=O)O[C@H]3CC4=CCC[C@@H](C)[C@]4(C)[C@@H](O)[C@@H]32)CC1. The molecule has 2 heterocycles. The van der Waals surface area contributed by atoms with Crippen LogP contribution in [-0.2, 0) is 9.53 Å². The van der Waals surface area contributed by atoms with Gasteiger partial charge in [0.05, 0.1) is 38.8 Å². The first-order valence-corrected chi connectivity index (χ1v) is 12.1. The Bertz CT molecular complexity index is 875. The number of nitrogens with zero attached hydrogens (tertiary/aromatic N) is 1. The van der Waals surface area contributed by atoms with Gasteiger partial charge in [-0.2, -0.15) is 0 Å². The molecule has 3 fully saturated rings. The predicted molar refractivity (Wildman–Crippen MR) is 121 cm³/mol.